The molecule has 0 bridgehead atoms. The Morgan fingerprint density at radius 3 is 0.474 bits per heavy atom. The molecule has 0 rings (SSSR count). The van der Waals surface area contributed by atoms with Crippen LogP contribution in [-0.4, -0.2) is 155 Å². The second-order valence-electron chi connectivity index (χ2n) is 19.6. The lowest BCUT2D eigenvalue weighted by Gasteiger charge is -2.30. The highest BCUT2D eigenvalue weighted by atomic mass is 16.6. The van der Waals surface area contributed by atoms with Gasteiger partial charge < -0.3 is 56.8 Å². The topological polar surface area (TPSA) is 247 Å². The van der Waals surface area contributed by atoms with Crippen LogP contribution in [0.4, 0.5) is 0 Å². The van der Waals surface area contributed by atoms with Crippen LogP contribution in [0.5, 0.6) is 0 Å². The molecular formula is C58H108O20. The Labute approximate surface area is 469 Å². The first-order valence-corrected chi connectivity index (χ1v) is 28.3. The van der Waals surface area contributed by atoms with Gasteiger partial charge in [-0.05, 0) is 64.2 Å². The fourth-order valence-corrected chi connectivity index (χ4v) is 6.68. The Morgan fingerprint density at radius 1 is 0.231 bits per heavy atom. The van der Waals surface area contributed by atoms with Gasteiger partial charge in [-0.2, -0.15) is 0 Å². The van der Waals surface area contributed by atoms with Crippen LogP contribution in [0.3, 0.4) is 0 Å². The van der Waals surface area contributed by atoms with Gasteiger partial charge in [-0.15, -0.1) is 0 Å². The number of ether oxygens (including phenoxy) is 12. The van der Waals surface area contributed by atoms with Crippen LogP contribution in [0.2, 0.25) is 0 Å². The van der Waals surface area contributed by atoms with Crippen molar-refractivity contribution in [1.82, 2.24) is 0 Å². The zero-order chi connectivity index (χ0) is 60.3. The van der Waals surface area contributed by atoms with E-state index in [9.17, 15) is 38.4 Å². The Kier molecular flexibility index (Phi) is 52.1. The molecule has 0 fully saturated rings. The third-order valence-corrected chi connectivity index (χ3v) is 12.4. The van der Waals surface area contributed by atoms with Gasteiger partial charge in [0.1, 0.15) is 52.9 Å². The highest BCUT2D eigenvalue weighted by molar-refractivity contribution is 5.71. The van der Waals surface area contributed by atoms with Crippen molar-refractivity contribution in [2.24, 2.45) is 21.7 Å². The predicted molar refractivity (Wildman–Crippen MR) is 296 cm³/mol. The molecule has 20 heteroatoms. The van der Waals surface area contributed by atoms with E-state index in [1.807, 2.05) is 69.2 Å². The zero-order valence-corrected chi connectivity index (χ0v) is 51.4. The average Bonchev–Trinajstić information content (AvgIpc) is 3.42. The second-order valence-corrected chi connectivity index (χ2v) is 19.6. The predicted octanol–water partition coefficient (Wildman–Crippen LogP) is 10.1. The van der Waals surface area contributed by atoms with Crippen molar-refractivity contribution in [3.63, 3.8) is 0 Å². The van der Waals surface area contributed by atoms with E-state index in [-0.39, 0.29) is 101 Å². The summed E-state index contributed by atoms with van der Waals surface area (Å²) in [5.74, 6) is -1.84. The fourth-order valence-electron chi connectivity index (χ4n) is 6.68. The van der Waals surface area contributed by atoms with Crippen molar-refractivity contribution >= 4 is 47.8 Å². The van der Waals surface area contributed by atoms with Crippen LogP contribution in [-0.2, 0) is 95.2 Å². The summed E-state index contributed by atoms with van der Waals surface area (Å²) in [7, 11) is 6.35. The van der Waals surface area contributed by atoms with E-state index in [2.05, 4.69) is 0 Å². The van der Waals surface area contributed by atoms with Gasteiger partial charge in [-0.1, -0.05) is 83.1 Å². The number of esters is 8. The maximum Gasteiger partial charge on any atom is 0.305 e. The van der Waals surface area contributed by atoms with Gasteiger partial charge in [-0.25, -0.2) is 0 Å². The van der Waals surface area contributed by atoms with Crippen LogP contribution < -0.4 is 0 Å². The Hall–Kier alpha value is -4.40. The summed E-state index contributed by atoms with van der Waals surface area (Å²) in [6, 6.07) is 0. The van der Waals surface area contributed by atoms with Gasteiger partial charge in [0.05, 0.1) is 48.1 Å². The minimum absolute atomic E-state index is 0.209. The lowest BCUT2D eigenvalue weighted by atomic mass is 9.88. The van der Waals surface area contributed by atoms with Gasteiger partial charge in [0.25, 0.3) is 0 Å². The first-order chi connectivity index (χ1) is 37.1. The highest BCUT2D eigenvalue weighted by Gasteiger charge is 2.35. The molecule has 0 aliphatic heterocycles. The standard InChI is InChI=1S/3C15H28O5.C13H24O5/c3*1-5-8-13(16)19-11-15(7-3,10-18-4)12-20-14(17)9-6-2;1-5-11(14)17-9-13(7-3,8-16-4)10-18-12(15)6-2/h3*5-12H2,1-4H3;5-10H2,1-4H3. The quantitative estimate of drug-likeness (QED) is 0.0407. The van der Waals surface area contributed by atoms with Crippen molar-refractivity contribution in [2.45, 2.75) is 199 Å². The Balaban J connectivity index is -0.000000468. The van der Waals surface area contributed by atoms with Crippen molar-refractivity contribution in [3.05, 3.63) is 0 Å². The number of hydrogen-bond donors (Lipinski definition) is 0. The van der Waals surface area contributed by atoms with Crippen molar-refractivity contribution < 1.29 is 95.2 Å². The van der Waals surface area contributed by atoms with E-state index >= 15 is 0 Å². The van der Waals surface area contributed by atoms with Gasteiger partial charge in [0.2, 0.25) is 0 Å². The summed E-state index contributed by atoms with van der Waals surface area (Å²) in [6.45, 7) is 26.2. The third-order valence-electron chi connectivity index (χ3n) is 12.4. The van der Waals surface area contributed by atoms with E-state index < -0.39 is 21.7 Å². The molecule has 0 spiro atoms. The Bertz CT molecular complexity index is 1360. The maximum atomic E-state index is 11.5. The minimum Gasteiger partial charge on any atom is -0.465 e. The fraction of sp³-hybridized carbons (Fsp3) is 0.862. The molecule has 460 valence electrons. The van der Waals surface area contributed by atoms with Crippen LogP contribution in [0, 0.1) is 21.7 Å². The van der Waals surface area contributed by atoms with Crippen molar-refractivity contribution in [1.29, 1.82) is 0 Å². The van der Waals surface area contributed by atoms with Crippen LogP contribution in [0.1, 0.15) is 199 Å². The summed E-state index contributed by atoms with van der Waals surface area (Å²) < 4.78 is 62.7. The molecule has 0 aromatic rings. The number of carbonyl (C=O) groups is 8. The van der Waals surface area contributed by atoms with Crippen LogP contribution >= 0.6 is 0 Å². The second kappa shape index (κ2) is 50.8. The normalized spacial score (nSPS) is 11.2. The summed E-state index contributed by atoms with van der Waals surface area (Å²) >= 11 is 0. The molecular weight excluding hydrogens is 1020 g/mol. The van der Waals surface area contributed by atoms with Gasteiger partial charge in [0.15, 0.2) is 0 Å². The SMILES string of the molecule is CCC(=O)OCC(CC)(COC)COC(=O)CC.CCCC(=O)OCC(CC)(COC)COC(=O)CCC.CCCC(=O)OCC(CC)(COC)COC(=O)CCC.CCCC(=O)OCC(CC)(COC)COC(=O)CCC. The molecule has 0 heterocycles. The first kappa shape index (κ1) is 80.1. The molecule has 0 radical (unpaired) electrons. The van der Waals surface area contributed by atoms with Crippen molar-refractivity contribution in [3.8, 4) is 0 Å². The number of rotatable bonds is 42. The smallest absolute Gasteiger partial charge is 0.305 e. The van der Waals surface area contributed by atoms with E-state index in [0.717, 1.165) is 38.5 Å². The molecule has 78 heavy (non-hydrogen) atoms. The third kappa shape index (κ3) is 40.7. The largest absolute Gasteiger partial charge is 0.465 e. The molecule has 0 aliphatic rings. The molecule has 0 saturated heterocycles. The molecule has 0 aromatic heterocycles. The van der Waals surface area contributed by atoms with E-state index in [4.69, 9.17) is 56.8 Å². The van der Waals surface area contributed by atoms with Gasteiger partial charge in [-0.3, -0.25) is 38.4 Å². The summed E-state index contributed by atoms with van der Waals surface area (Å²) in [6.07, 6.45) is 10.5. The average molecular weight is 1130 g/mol. The van der Waals surface area contributed by atoms with E-state index in [0.29, 0.717) is 103 Å². The lowest BCUT2D eigenvalue weighted by molar-refractivity contribution is -0.159. The maximum absolute atomic E-state index is 11.5. The molecule has 20 nitrogen and oxygen atoms in total. The van der Waals surface area contributed by atoms with Crippen LogP contribution in [0.25, 0.3) is 0 Å². The number of carbonyl (C=O) groups excluding carboxylic acids is 8. The van der Waals surface area contributed by atoms with Crippen LogP contribution in [0.15, 0.2) is 0 Å². The monoisotopic (exact) mass is 1120 g/mol. The highest BCUT2D eigenvalue weighted by Crippen LogP contribution is 2.28. The van der Waals surface area contributed by atoms with Gasteiger partial charge in [0, 0.05) is 79.8 Å². The first-order valence-electron chi connectivity index (χ1n) is 28.3. The molecule has 0 aliphatic carbocycles. The molecule has 0 atom stereocenters. The lowest BCUT2D eigenvalue weighted by Crippen LogP contribution is -2.38. The number of hydrogen-bond acceptors (Lipinski definition) is 20. The Morgan fingerprint density at radius 2 is 0.372 bits per heavy atom. The molecule has 0 unspecified atom stereocenters. The number of methoxy groups -OCH3 is 4. The zero-order valence-electron chi connectivity index (χ0n) is 51.4. The van der Waals surface area contributed by atoms with E-state index in [1.165, 1.54) is 0 Å². The van der Waals surface area contributed by atoms with E-state index in [1.54, 1.807) is 42.3 Å². The van der Waals surface area contributed by atoms with Crippen molar-refractivity contribution in [2.75, 3.05) is 108 Å². The summed E-state index contributed by atoms with van der Waals surface area (Å²) in [5, 5.41) is 0. The van der Waals surface area contributed by atoms with Gasteiger partial charge >= 0.3 is 47.8 Å². The minimum atomic E-state index is -0.457. The molecule has 0 N–H and O–H groups in total. The molecule has 0 aromatic carbocycles. The summed E-state index contributed by atoms with van der Waals surface area (Å²) in [5.41, 5.74) is -1.82. The summed E-state index contributed by atoms with van der Waals surface area (Å²) in [4.78, 5) is 91.3. The molecule has 0 saturated carbocycles. The molecule has 0 amide bonds.